The highest BCUT2D eigenvalue weighted by Gasteiger charge is 2.46. The van der Waals surface area contributed by atoms with E-state index in [-0.39, 0.29) is 5.41 Å². The van der Waals surface area contributed by atoms with E-state index in [1.807, 2.05) is 0 Å². The number of hydrogen-bond donors (Lipinski definition) is 2. The smallest absolute Gasteiger partial charge is 0.331 e. The SMILES string of the molecule is CCCCCC(C)C1=C(N)C(C(C)CCCCC)(C(C)CCCCC)C=C(C(=O)O)C1. The Kier molecular flexibility index (Phi) is 12.6. The van der Waals surface area contributed by atoms with Gasteiger partial charge in [-0.3, -0.25) is 0 Å². The van der Waals surface area contributed by atoms with Crippen molar-refractivity contribution in [2.45, 2.75) is 125 Å². The highest BCUT2D eigenvalue weighted by atomic mass is 16.4. The van der Waals surface area contributed by atoms with Crippen LogP contribution in [0.25, 0.3) is 0 Å². The molecule has 1 aliphatic rings. The summed E-state index contributed by atoms with van der Waals surface area (Å²) in [5.74, 6) is 0.280. The number of aliphatic carboxylic acids is 1. The second-order valence-corrected chi connectivity index (χ2v) is 10.2. The van der Waals surface area contributed by atoms with E-state index >= 15 is 0 Å². The van der Waals surface area contributed by atoms with E-state index in [2.05, 4.69) is 47.6 Å². The van der Waals surface area contributed by atoms with Crippen molar-refractivity contribution in [1.82, 2.24) is 0 Å². The number of carboxylic acid groups (broad SMARTS) is 1. The van der Waals surface area contributed by atoms with Crippen molar-refractivity contribution in [3.8, 4) is 0 Å². The van der Waals surface area contributed by atoms with Crippen LogP contribution in [0, 0.1) is 23.2 Å². The first-order chi connectivity index (χ1) is 14.8. The molecule has 1 aliphatic carbocycles. The zero-order valence-corrected chi connectivity index (χ0v) is 21.4. The average molecular weight is 434 g/mol. The number of carboxylic acids is 1. The molecule has 0 saturated carbocycles. The third-order valence-corrected chi connectivity index (χ3v) is 7.83. The second-order valence-electron chi connectivity index (χ2n) is 10.2. The maximum atomic E-state index is 12.2. The molecule has 0 amide bonds. The zero-order valence-electron chi connectivity index (χ0n) is 21.4. The van der Waals surface area contributed by atoms with Gasteiger partial charge in [-0.15, -0.1) is 0 Å². The molecule has 0 saturated heterocycles. The molecule has 3 N–H and O–H groups in total. The Morgan fingerprint density at radius 2 is 1.35 bits per heavy atom. The molecule has 0 fully saturated rings. The molecule has 3 heteroatoms. The maximum Gasteiger partial charge on any atom is 0.331 e. The molecule has 1 rings (SSSR count). The maximum absolute atomic E-state index is 12.2. The lowest BCUT2D eigenvalue weighted by molar-refractivity contribution is -0.132. The van der Waals surface area contributed by atoms with E-state index < -0.39 is 5.97 Å². The summed E-state index contributed by atoms with van der Waals surface area (Å²) in [4.78, 5) is 12.2. The first-order valence-corrected chi connectivity index (χ1v) is 13.2. The van der Waals surface area contributed by atoms with Crippen LogP contribution in [0.2, 0.25) is 0 Å². The van der Waals surface area contributed by atoms with Crippen molar-refractivity contribution in [3.63, 3.8) is 0 Å². The van der Waals surface area contributed by atoms with Crippen LogP contribution < -0.4 is 5.73 Å². The van der Waals surface area contributed by atoms with E-state index in [0.29, 0.717) is 29.7 Å². The summed E-state index contributed by atoms with van der Waals surface area (Å²) in [6, 6.07) is 0. The molecule has 3 unspecified atom stereocenters. The summed E-state index contributed by atoms with van der Waals surface area (Å²) in [6.07, 6.45) is 16.8. The number of carbonyl (C=O) groups is 1. The van der Waals surface area contributed by atoms with Crippen LogP contribution in [-0.4, -0.2) is 11.1 Å². The van der Waals surface area contributed by atoms with Crippen LogP contribution in [0.1, 0.15) is 125 Å². The van der Waals surface area contributed by atoms with E-state index in [9.17, 15) is 9.90 Å². The van der Waals surface area contributed by atoms with Gasteiger partial charge in [-0.1, -0.05) is 105 Å². The topological polar surface area (TPSA) is 63.3 Å². The summed E-state index contributed by atoms with van der Waals surface area (Å²) >= 11 is 0. The van der Waals surface area contributed by atoms with Crippen LogP contribution in [0.3, 0.4) is 0 Å². The molecule has 0 spiro atoms. The molecule has 3 atom stereocenters. The van der Waals surface area contributed by atoms with Crippen LogP contribution >= 0.6 is 0 Å². The van der Waals surface area contributed by atoms with Gasteiger partial charge in [0.25, 0.3) is 0 Å². The summed E-state index contributed by atoms with van der Waals surface area (Å²) in [5.41, 5.74) is 9.53. The first-order valence-electron chi connectivity index (χ1n) is 13.2. The molecule has 0 aromatic rings. The minimum atomic E-state index is -0.767. The molecular weight excluding hydrogens is 382 g/mol. The summed E-state index contributed by atoms with van der Waals surface area (Å²) in [5, 5.41) is 10.0. The first kappa shape index (κ1) is 27.8. The van der Waals surface area contributed by atoms with Gasteiger partial charge in [-0.25, -0.2) is 4.79 Å². The van der Waals surface area contributed by atoms with Crippen LogP contribution in [0.5, 0.6) is 0 Å². The zero-order chi connectivity index (χ0) is 23.4. The Morgan fingerprint density at radius 1 is 0.903 bits per heavy atom. The van der Waals surface area contributed by atoms with Gasteiger partial charge >= 0.3 is 5.97 Å². The lowest BCUT2D eigenvalue weighted by Crippen LogP contribution is -2.43. The van der Waals surface area contributed by atoms with E-state index in [1.165, 1.54) is 63.4 Å². The fourth-order valence-corrected chi connectivity index (χ4v) is 5.63. The molecule has 0 aromatic carbocycles. The van der Waals surface area contributed by atoms with Crippen molar-refractivity contribution < 1.29 is 9.90 Å². The monoisotopic (exact) mass is 433 g/mol. The Bertz CT molecular complexity index is 588. The van der Waals surface area contributed by atoms with Gasteiger partial charge in [0.05, 0.1) is 0 Å². The largest absolute Gasteiger partial charge is 0.478 e. The molecule has 0 bridgehead atoms. The highest BCUT2D eigenvalue weighted by Crippen LogP contribution is 2.52. The predicted octanol–water partition coefficient (Wildman–Crippen LogP) is 8.25. The summed E-state index contributed by atoms with van der Waals surface area (Å²) in [7, 11) is 0. The third-order valence-electron chi connectivity index (χ3n) is 7.83. The van der Waals surface area contributed by atoms with Crippen molar-refractivity contribution in [2.24, 2.45) is 28.9 Å². The third kappa shape index (κ3) is 7.39. The Balaban J connectivity index is 3.42. The van der Waals surface area contributed by atoms with Crippen molar-refractivity contribution >= 4 is 5.97 Å². The van der Waals surface area contributed by atoms with Crippen molar-refractivity contribution in [1.29, 1.82) is 0 Å². The molecule has 0 heterocycles. The molecule has 3 nitrogen and oxygen atoms in total. The molecule has 180 valence electrons. The number of nitrogens with two attached hydrogens (primary N) is 1. The van der Waals surface area contributed by atoms with Gasteiger partial charge in [0.15, 0.2) is 0 Å². The Morgan fingerprint density at radius 3 is 1.77 bits per heavy atom. The summed E-state index contributed by atoms with van der Waals surface area (Å²) in [6.45, 7) is 13.6. The quantitative estimate of drug-likeness (QED) is 0.241. The van der Waals surface area contributed by atoms with Gasteiger partial charge < -0.3 is 10.8 Å². The fourth-order valence-electron chi connectivity index (χ4n) is 5.63. The minimum Gasteiger partial charge on any atom is -0.478 e. The lowest BCUT2D eigenvalue weighted by atomic mass is 9.58. The van der Waals surface area contributed by atoms with Gasteiger partial charge in [-0.2, -0.15) is 0 Å². The molecule has 31 heavy (non-hydrogen) atoms. The normalized spacial score (nSPS) is 22.2. The molecule has 0 radical (unpaired) electrons. The van der Waals surface area contributed by atoms with E-state index in [1.54, 1.807) is 0 Å². The van der Waals surface area contributed by atoms with Crippen LogP contribution in [0.4, 0.5) is 0 Å². The van der Waals surface area contributed by atoms with Gasteiger partial charge in [0.1, 0.15) is 0 Å². The van der Waals surface area contributed by atoms with Crippen molar-refractivity contribution in [2.75, 3.05) is 0 Å². The van der Waals surface area contributed by atoms with Crippen LogP contribution in [-0.2, 0) is 4.79 Å². The number of allylic oxidation sites excluding steroid dienone is 2. The Labute approximate surface area is 193 Å². The fraction of sp³-hybridized carbons (Fsp3) is 0.821. The minimum absolute atomic E-state index is 0.332. The van der Waals surface area contributed by atoms with Gasteiger partial charge in [0, 0.05) is 23.1 Å². The van der Waals surface area contributed by atoms with Gasteiger partial charge in [-0.05, 0) is 42.6 Å². The number of unbranched alkanes of at least 4 members (excludes halogenated alkanes) is 6. The lowest BCUT2D eigenvalue weighted by Gasteiger charge is -2.47. The molecular formula is C28H51NO2. The highest BCUT2D eigenvalue weighted by molar-refractivity contribution is 5.88. The standard InChI is InChI=1S/C28H51NO2/c1-7-10-13-16-21(4)25-19-24(27(30)31)20-28(26(25)29,22(5)17-14-11-8-2)23(6)18-15-12-9-3/h20-23H,7-19,29H2,1-6H3,(H,30,31). The van der Waals surface area contributed by atoms with E-state index in [0.717, 1.165) is 25.0 Å². The molecule has 0 aliphatic heterocycles. The van der Waals surface area contributed by atoms with Gasteiger partial charge in [0.2, 0.25) is 0 Å². The average Bonchev–Trinajstić information content (AvgIpc) is 2.74. The predicted molar refractivity (Wildman–Crippen MR) is 134 cm³/mol. The number of hydrogen-bond acceptors (Lipinski definition) is 2. The Hall–Kier alpha value is -1.25. The molecule has 0 aromatic heterocycles. The van der Waals surface area contributed by atoms with Crippen LogP contribution in [0.15, 0.2) is 22.9 Å². The summed E-state index contributed by atoms with van der Waals surface area (Å²) < 4.78 is 0. The van der Waals surface area contributed by atoms with Crippen molar-refractivity contribution in [3.05, 3.63) is 22.9 Å². The second kappa shape index (κ2) is 14.0. The van der Waals surface area contributed by atoms with E-state index in [4.69, 9.17) is 5.73 Å². The number of rotatable bonds is 16.